The molecule has 0 N–H and O–H groups in total. The molecule has 160 valence electrons. The van der Waals surface area contributed by atoms with Gasteiger partial charge in [-0.05, 0) is 57.9 Å². The Kier molecular flexibility index (Phi) is 5.43. The van der Waals surface area contributed by atoms with Gasteiger partial charge in [-0.2, -0.15) is 0 Å². The second-order valence-corrected chi connectivity index (χ2v) is 9.45. The number of carbonyl (C=O) groups excluding carboxylic acids is 3. The smallest absolute Gasteiger partial charge is 0.411 e. The first-order valence-corrected chi connectivity index (χ1v) is 10.7. The van der Waals surface area contributed by atoms with Gasteiger partial charge in [0.1, 0.15) is 18.2 Å². The first kappa shape index (κ1) is 20.6. The first-order chi connectivity index (χ1) is 14.2. The highest BCUT2D eigenvalue weighted by Gasteiger charge is 2.56. The zero-order valence-electron chi connectivity index (χ0n) is 17.8. The van der Waals surface area contributed by atoms with Gasteiger partial charge in [-0.1, -0.05) is 36.4 Å². The molecule has 5 rings (SSSR count). The van der Waals surface area contributed by atoms with Crippen LogP contribution in [0.5, 0.6) is 0 Å². The zero-order chi connectivity index (χ0) is 21.5. The number of hydrogen-bond donors (Lipinski definition) is 0. The van der Waals surface area contributed by atoms with E-state index in [9.17, 15) is 14.4 Å². The monoisotopic (exact) mass is 411 g/mol. The van der Waals surface area contributed by atoms with Crippen LogP contribution in [0.15, 0.2) is 42.0 Å². The van der Waals surface area contributed by atoms with E-state index in [-0.39, 0.29) is 12.4 Å². The highest BCUT2D eigenvalue weighted by molar-refractivity contribution is 6.05. The summed E-state index contributed by atoms with van der Waals surface area (Å²) < 4.78 is 11.2. The second-order valence-electron chi connectivity index (χ2n) is 9.45. The van der Waals surface area contributed by atoms with Crippen molar-refractivity contribution in [2.45, 2.75) is 70.7 Å². The fourth-order valence-corrected chi connectivity index (χ4v) is 4.34. The van der Waals surface area contributed by atoms with Crippen LogP contribution in [0.3, 0.4) is 0 Å². The maximum atomic E-state index is 13.1. The predicted molar refractivity (Wildman–Crippen MR) is 110 cm³/mol. The molecule has 2 aliphatic heterocycles. The number of nitrogens with zero attached hydrogens (tertiary/aromatic N) is 1. The number of rotatable bonds is 4. The molecule has 3 unspecified atom stereocenters. The van der Waals surface area contributed by atoms with Gasteiger partial charge in [-0.3, -0.25) is 9.69 Å². The standard InChI is InChI=1S/C24H29NO5/c1-24(2,3)30-23(28)25-19-12-11-17(21(26)18(19)13-15-9-10-15)20(25)22(27)29-14-16-7-5-4-6-8-16/h4-8,13,15,17,19-20H,9-12,14H2,1-3H3. The molecule has 0 radical (unpaired) electrons. The lowest BCUT2D eigenvalue weighted by Crippen LogP contribution is -2.65. The van der Waals surface area contributed by atoms with Crippen molar-refractivity contribution < 1.29 is 23.9 Å². The number of ether oxygens (including phenoxy) is 2. The van der Waals surface area contributed by atoms with Gasteiger partial charge in [0.2, 0.25) is 0 Å². The largest absolute Gasteiger partial charge is 0.459 e. The van der Waals surface area contributed by atoms with Gasteiger partial charge in [0, 0.05) is 5.57 Å². The third kappa shape index (κ3) is 4.27. The van der Waals surface area contributed by atoms with E-state index in [1.54, 1.807) is 20.8 Å². The van der Waals surface area contributed by atoms with Gasteiger partial charge in [0.15, 0.2) is 5.78 Å². The van der Waals surface area contributed by atoms with Crippen LogP contribution in [0.4, 0.5) is 4.79 Å². The Morgan fingerprint density at radius 2 is 1.80 bits per heavy atom. The number of piperidine rings is 2. The maximum absolute atomic E-state index is 13.1. The molecule has 1 aromatic carbocycles. The lowest BCUT2D eigenvalue weighted by molar-refractivity contribution is -0.161. The molecule has 6 nitrogen and oxygen atoms in total. The number of amides is 1. The normalized spacial score (nSPS) is 27.3. The Morgan fingerprint density at radius 3 is 2.43 bits per heavy atom. The van der Waals surface area contributed by atoms with Gasteiger partial charge in [0.25, 0.3) is 0 Å². The fraction of sp³-hybridized carbons (Fsp3) is 0.542. The van der Waals surface area contributed by atoms with Crippen molar-refractivity contribution >= 4 is 17.8 Å². The number of allylic oxidation sites excluding steroid dienone is 1. The topological polar surface area (TPSA) is 72.9 Å². The fourth-order valence-electron chi connectivity index (χ4n) is 4.34. The quantitative estimate of drug-likeness (QED) is 0.552. The van der Waals surface area contributed by atoms with Crippen LogP contribution in [-0.2, 0) is 25.7 Å². The molecule has 2 saturated heterocycles. The predicted octanol–water partition coefficient (Wildman–Crippen LogP) is 4.03. The Morgan fingerprint density at radius 1 is 1.10 bits per heavy atom. The number of benzene rings is 1. The minimum atomic E-state index is -0.939. The molecular weight excluding hydrogens is 382 g/mol. The summed E-state index contributed by atoms with van der Waals surface area (Å²) in [6, 6.07) is 8.01. The molecule has 1 amide bonds. The average Bonchev–Trinajstić information content (AvgIpc) is 3.51. The van der Waals surface area contributed by atoms with Crippen molar-refractivity contribution in [3.63, 3.8) is 0 Å². The summed E-state index contributed by atoms with van der Waals surface area (Å²) in [5, 5.41) is 0. The number of fused-ring (bicyclic) bond motifs is 3. The van der Waals surface area contributed by atoms with Gasteiger partial charge >= 0.3 is 12.1 Å². The molecule has 2 aliphatic carbocycles. The molecule has 2 bridgehead atoms. The van der Waals surface area contributed by atoms with E-state index in [2.05, 4.69) is 0 Å². The molecular formula is C24H29NO5. The third-order valence-corrected chi connectivity index (χ3v) is 5.85. The van der Waals surface area contributed by atoms with Crippen molar-refractivity contribution in [3.05, 3.63) is 47.5 Å². The Balaban J connectivity index is 1.60. The van der Waals surface area contributed by atoms with Gasteiger partial charge in [0.05, 0.1) is 12.0 Å². The van der Waals surface area contributed by atoms with E-state index in [1.807, 2.05) is 36.4 Å². The second kappa shape index (κ2) is 7.89. The van der Waals surface area contributed by atoms with Crippen molar-refractivity contribution in [3.8, 4) is 0 Å². The molecule has 2 saturated carbocycles. The Bertz CT molecular complexity index is 865. The Labute approximate surface area is 177 Å². The average molecular weight is 411 g/mol. The van der Waals surface area contributed by atoms with Crippen LogP contribution in [0.1, 0.15) is 52.0 Å². The van der Waals surface area contributed by atoms with E-state index in [0.717, 1.165) is 18.4 Å². The zero-order valence-corrected chi connectivity index (χ0v) is 17.8. The summed E-state index contributed by atoms with van der Waals surface area (Å²) in [6.45, 7) is 5.49. The van der Waals surface area contributed by atoms with Crippen LogP contribution in [0, 0.1) is 11.8 Å². The van der Waals surface area contributed by atoms with Crippen LogP contribution in [-0.4, -0.2) is 40.4 Å². The number of ketones is 1. The van der Waals surface area contributed by atoms with Gasteiger partial charge in [-0.25, -0.2) is 9.59 Å². The minimum absolute atomic E-state index is 0.0142. The molecule has 2 heterocycles. The van der Waals surface area contributed by atoms with Crippen LogP contribution in [0.2, 0.25) is 0 Å². The molecule has 0 spiro atoms. The van der Waals surface area contributed by atoms with Crippen molar-refractivity contribution in [2.24, 2.45) is 11.8 Å². The van der Waals surface area contributed by atoms with Gasteiger partial charge < -0.3 is 9.47 Å². The molecule has 4 aliphatic rings. The molecule has 30 heavy (non-hydrogen) atoms. The van der Waals surface area contributed by atoms with Crippen LogP contribution in [0.25, 0.3) is 0 Å². The summed E-state index contributed by atoms with van der Waals surface area (Å²) in [7, 11) is 0. The summed E-state index contributed by atoms with van der Waals surface area (Å²) in [4.78, 5) is 40.8. The molecule has 4 fully saturated rings. The summed E-state index contributed by atoms with van der Waals surface area (Å²) in [5.74, 6) is -0.721. The lowest BCUT2D eigenvalue weighted by Gasteiger charge is -2.49. The number of carbonyl (C=O) groups is 3. The van der Waals surface area contributed by atoms with Crippen molar-refractivity contribution in [2.75, 3.05) is 0 Å². The number of esters is 1. The van der Waals surface area contributed by atoms with Gasteiger partial charge in [-0.15, -0.1) is 0 Å². The lowest BCUT2D eigenvalue weighted by atomic mass is 9.70. The first-order valence-electron chi connectivity index (χ1n) is 10.7. The van der Waals surface area contributed by atoms with Crippen LogP contribution >= 0.6 is 0 Å². The van der Waals surface area contributed by atoms with E-state index in [0.29, 0.717) is 24.3 Å². The molecule has 6 heteroatoms. The third-order valence-electron chi connectivity index (χ3n) is 5.85. The van der Waals surface area contributed by atoms with E-state index < -0.39 is 35.7 Å². The highest BCUT2D eigenvalue weighted by atomic mass is 16.6. The molecule has 3 atom stereocenters. The maximum Gasteiger partial charge on any atom is 0.411 e. The van der Waals surface area contributed by atoms with Crippen LogP contribution < -0.4 is 0 Å². The van der Waals surface area contributed by atoms with E-state index >= 15 is 0 Å². The van der Waals surface area contributed by atoms with E-state index in [4.69, 9.17) is 9.47 Å². The van der Waals surface area contributed by atoms with E-state index in [1.165, 1.54) is 4.90 Å². The SMILES string of the molecule is CC(C)(C)OC(=O)N1C2CCC(C(=O)C2=CC2CC2)C1C(=O)OCc1ccccc1. The minimum Gasteiger partial charge on any atom is -0.459 e. The number of Topliss-reactive ketones (excluding diaryl/α,β-unsaturated/α-hetero) is 1. The molecule has 0 aromatic heterocycles. The summed E-state index contributed by atoms with van der Waals surface area (Å²) in [5.41, 5.74) is 0.833. The van der Waals surface area contributed by atoms with Crippen molar-refractivity contribution in [1.29, 1.82) is 0 Å². The number of hydrogen-bond acceptors (Lipinski definition) is 5. The molecule has 1 aromatic rings. The summed E-state index contributed by atoms with van der Waals surface area (Å²) in [6.07, 6.45) is 4.84. The highest BCUT2D eigenvalue weighted by Crippen LogP contribution is 2.44. The van der Waals surface area contributed by atoms with Crippen molar-refractivity contribution in [1.82, 2.24) is 4.90 Å². The Hall–Kier alpha value is -2.63. The summed E-state index contributed by atoms with van der Waals surface area (Å²) >= 11 is 0.